The van der Waals surface area contributed by atoms with E-state index < -0.39 is 10.9 Å². The smallest absolute Gasteiger partial charge is 0.295 e. The molecule has 1 heterocycles. The molecular weight excluding hydrogens is 290 g/mol. The lowest BCUT2D eigenvalue weighted by atomic mass is 10.1. The molecular formula is C14H8N3O5-. The zero-order valence-corrected chi connectivity index (χ0v) is 11.0. The van der Waals surface area contributed by atoms with Gasteiger partial charge >= 0.3 is 0 Å². The highest BCUT2D eigenvalue weighted by molar-refractivity contribution is 5.87. The summed E-state index contributed by atoms with van der Waals surface area (Å²) >= 11 is 0. The Kier molecular flexibility index (Phi) is 2.99. The highest BCUT2D eigenvalue weighted by Gasteiger charge is 2.17. The molecule has 0 aliphatic carbocycles. The Bertz CT molecular complexity index is 899. The van der Waals surface area contributed by atoms with Crippen LogP contribution in [-0.2, 0) is 0 Å². The van der Waals surface area contributed by atoms with Crippen molar-refractivity contribution in [3.8, 4) is 11.5 Å². The molecule has 0 saturated carbocycles. The Balaban J connectivity index is 2.08. The molecule has 0 unspecified atom stereocenters. The number of aromatic nitrogens is 1. The molecule has 0 spiro atoms. The van der Waals surface area contributed by atoms with Crippen LogP contribution in [0.1, 0.15) is 10.4 Å². The van der Waals surface area contributed by atoms with Crippen LogP contribution in [0.2, 0.25) is 0 Å². The molecule has 22 heavy (non-hydrogen) atoms. The highest BCUT2D eigenvalue weighted by atomic mass is 16.6. The number of rotatable bonds is 3. The standard InChI is InChI=1S/C14H9N3O5/c15-9-5-10-12(6-11(9)17(20)21)22-13(16-10)7-1-3-8(4-2-7)14(18)19/h1-6H,15H2,(H,18,19)/p-1. The normalized spacial score (nSPS) is 10.7. The number of hydrogen-bond donors (Lipinski definition) is 1. The van der Waals surface area contributed by atoms with E-state index in [0.29, 0.717) is 11.1 Å². The van der Waals surface area contributed by atoms with Gasteiger partial charge < -0.3 is 20.1 Å². The molecule has 3 aromatic rings. The second kappa shape index (κ2) is 4.85. The first-order chi connectivity index (χ1) is 10.5. The number of benzene rings is 2. The van der Waals surface area contributed by atoms with E-state index in [1.54, 1.807) is 0 Å². The maximum Gasteiger partial charge on any atom is 0.295 e. The van der Waals surface area contributed by atoms with Crippen molar-refractivity contribution in [3.63, 3.8) is 0 Å². The number of nitro benzene ring substituents is 1. The van der Waals surface area contributed by atoms with Gasteiger partial charge in [-0.2, -0.15) is 0 Å². The van der Waals surface area contributed by atoms with Gasteiger partial charge in [0.1, 0.15) is 11.2 Å². The molecule has 0 aliphatic rings. The highest BCUT2D eigenvalue weighted by Crippen LogP contribution is 2.31. The summed E-state index contributed by atoms with van der Waals surface area (Å²) in [4.78, 5) is 25.1. The fourth-order valence-corrected chi connectivity index (χ4v) is 2.01. The molecule has 0 fully saturated rings. The summed E-state index contributed by atoms with van der Waals surface area (Å²) in [7, 11) is 0. The number of nitrogen functional groups attached to an aromatic ring is 1. The predicted molar refractivity (Wildman–Crippen MR) is 74.8 cm³/mol. The minimum absolute atomic E-state index is 0.00958. The summed E-state index contributed by atoms with van der Waals surface area (Å²) in [5.41, 5.74) is 6.48. The molecule has 110 valence electrons. The van der Waals surface area contributed by atoms with Gasteiger partial charge in [0.2, 0.25) is 5.89 Å². The van der Waals surface area contributed by atoms with E-state index in [1.165, 1.54) is 36.4 Å². The van der Waals surface area contributed by atoms with Gasteiger partial charge in [0, 0.05) is 5.56 Å². The van der Waals surface area contributed by atoms with Crippen molar-refractivity contribution >= 4 is 28.4 Å². The number of nitro groups is 1. The molecule has 0 bridgehead atoms. The molecule has 2 aromatic carbocycles. The summed E-state index contributed by atoms with van der Waals surface area (Å²) in [5, 5.41) is 21.5. The third-order valence-electron chi connectivity index (χ3n) is 3.10. The summed E-state index contributed by atoms with van der Waals surface area (Å²) in [5.74, 6) is -1.08. The number of carboxylic acid groups (broad SMARTS) is 1. The zero-order valence-electron chi connectivity index (χ0n) is 11.0. The van der Waals surface area contributed by atoms with Crippen LogP contribution >= 0.6 is 0 Å². The average Bonchev–Trinajstić information content (AvgIpc) is 2.89. The van der Waals surface area contributed by atoms with E-state index in [0.717, 1.165) is 0 Å². The first-order valence-corrected chi connectivity index (χ1v) is 6.12. The molecule has 0 amide bonds. The van der Waals surface area contributed by atoms with Crippen molar-refractivity contribution in [2.24, 2.45) is 0 Å². The molecule has 0 saturated heterocycles. The van der Waals surface area contributed by atoms with Crippen molar-refractivity contribution < 1.29 is 19.2 Å². The number of nitrogens with two attached hydrogens (primary N) is 1. The van der Waals surface area contributed by atoms with Crippen LogP contribution in [0.5, 0.6) is 0 Å². The Morgan fingerprint density at radius 3 is 2.50 bits per heavy atom. The number of fused-ring (bicyclic) bond motifs is 1. The molecule has 8 nitrogen and oxygen atoms in total. The fraction of sp³-hybridized carbons (Fsp3) is 0. The van der Waals surface area contributed by atoms with E-state index in [1.807, 2.05) is 0 Å². The quantitative estimate of drug-likeness (QED) is 0.438. The summed E-state index contributed by atoms with van der Waals surface area (Å²) < 4.78 is 5.47. The second-order valence-electron chi connectivity index (χ2n) is 4.52. The predicted octanol–water partition coefficient (Wildman–Crippen LogP) is 1.35. The summed E-state index contributed by atoms with van der Waals surface area (Å²) in [6.07, 6.45) is 0. The van der Waals surface area contributed by atoms with Gasteiger partial charge in [0.05, 0.1) is 17.0 Å². The van der Waals surface area contributed by atoms with Gasteiger partial charge in [0.25, 0.3) is 5.69 Å². The number of oxazole rings is 1. The van der Waals surface area contributed by atoms with Crippen molar-refractivity contribution in [2.45, 2.75) is 0 Å². The van der Waals surface area contributed by atoms with E-state index >= 15 is 0 Å². The fourth-order valence-electron chi connectivity index (χ4n) is 2.01. The van der Waals surface area contributed by atoms with Crippen molar-refractivity contribution in [2.75, 3.05) is 5.73 Å². The van der Waals surface area contributed by atoms with Gasteiger partial charge in [0.15, 0.2) is 5.58 Å². The zero-order chi connectivity index (χ0) is 15.9. The van der Waals surface area contributed by atoms with E-state index in [9.17, 15) is 20.0 Å². The lowest BCUT2D eigenvalue weighted by molar-refractivity contribution is -0.383. The minimum Gasteiger partial charge on any atom is -0.545 e. The summed E-state index contributed by atoms with van der Waals surface area (Å²) in [6, 6.07) is 8.29. The monoisotopic (exact) mass is 298 g/mol. The van der Waals surface area contributed by atoms with Crippen LogP contribution in [-0.4, -0.2) is 15.9 Å². The molecule has 8 heteroatoms. The largest absolute Gasteiger partial charge is 0.545 e. The maximum absolute atomic E-state index is 10.8. The van der Waals surface area contributed by atoms with E-state index in [-0.39, 0.29) is 28.4 Å². The molecule has 0 aliphatic heterocycles. The van der Waals surface area contributed by atoms with Gasteiger partial charge in [-0.1, -0.05) is 12.1 Å². The van der Waals surface area contributed by atoms with Gasteiger partial charge in [-0.05, 0) is 23.8 Å². The number of anilines is 1. The topological polar surface area (TPSA) is 135 Å². The van der Waals surface area contributed by atoms with Crippen molar-refractivity contribution in [3.05, 3.63) is 52.1 Å². The van der Waals surface area contributed by atoms with Gasteiger partial charge in [-0.25, -0.2) is 4.98 Å². The van der Waals surface area contributed by atoms with Gasteiger partial charge in [-0.15, -0.1) is 0 Å². The van der Waals surface area contributed by atoms with Gasteiger partial charge in [-0.3, -0.25) is 10.1 Å². The van der Waals surface area contributed by atoms with Crippen LogP contribution in [0.4, 0.5) is 11.4 Å². The Morgan fingerprint density at radius 1 is 1.23 bits per heavy atom. The SMILES string of the molecule is Nc1cc2nc(-c3ccc(C(=O)[O-])cc3)oc2cc1[N+](=O)[O-]. The number of carbonyl (C=O) groups is 1. The maximum atomic E-state index is 10.8. The van der Waals surface area contributed by atoms with Crippen LogP contribution in [0.15, 0.2) is 40.8 Å². The van der Waals surface area contributed by atoms with E-state index in [2.05, 4.69) is 4.98 Å². The number of carboxylic acids is 1. The lowest BCUT2D eigenvalue weighted by Gasteiger charge is -2.01. The molecule has 1 aromatic heterocycles. The third kappa shape index (κ3) is 2.22. The van der Waals surface area contributed by atoms with Crippen LogP contribution in [0.3, 0.4) is 0 Å². The average molecular weight is 298 g/mol. The minimum atomic E-state index is -1.28. The lowest BCUT2D eigenvalue weighted by Crippen LogP contribution is -2.21. The number of nitrogens with zero attached hydrogens (tertiary/aromatic N) is 2. The molecule has 3 rings (SSSR count). The molecule has 0 radical (unpaired) electrons. The van der Waals surface area contributed by atoms with Crippen LogP contribution < -0.4 is 10.8 Å². The third-order valence-corrected chi connectivity index (χ3v) is 3.10. The van der Waals surface area contributed by atoms with Crippen LogP contribution in [0.25, 0.3) is 22.6 Å². The Labute approximate surface area is 122 Å². The number of aromatic carboxylic acids is 1. The molecule has 2 N–H and O–H groups in total. The second-order valence-corrected chi connectivity index (χ2v) is 4.52. The molecule has 0 atom stereocenters. The number of carbonyl (C=O) groups excluding carboxylic acids is 1. The first-order valence-electron chi connectivity index (χ1n) is 6.12. The number of hydrogen-bond acceptors (Lipinski definition) is 7. The summed E-state index contributed by atoms with van der Waals surface area (Å²) in [6.45, 7) is 0. The Hall–Kier alpha value is -3.42. The van der Waals surface area contributed by atoms with E-state index in [4.69, 9.17) is 10.2 Å². The Morgan fingerprint density at radius 2 is 1.91 bits per heavy atom. The van der Waals surface area contributed by atoms with Crippen molar-refractivity contribution in [1.29, 1.82) is 0 Å². The van der Waals surface area contributed by atoms with Crippen LogP contribution in [0, 0.1) is 10.1 Å². The van der Waals surface area contributed by atoms with Crippen molar-refractivity contribution in [1.82, 2.24) is 4.98 Å². The first kappa shape index (κ1) is 13.6.